The van der Waals surface area contributed by atoms with Crippen molar-refractivity contribution in [1.82, 2.24) is 10.6 Å². The molecule has 0 unspecified atom stereocenters. The van der Waals surface area contributed by atoms with Crippen LogP contribution in [0.4, 0.5) is 0 Å². The summed E-state index contributed by atoms with van der Waals surface area (Å²) in [7, 11) is 0. The monoisotopic (exact) mass is 256 g/mol. The molecule has 0 radical (unpaired) electrons. The van der Waals surface area contributed by atoms with Crippen molar-refractivity contribution in [2.45, 2.75) is 58.0 Å². The molecule has 1 aliphatic carbocycles. The lowest BCUT2D eigenvalue weighted by Gasteiger charge is -2.32. The van der Waals surface area contributed by atoms with Gasteiger partial charge in [-0.15, -0.1) is 0 Å². The van der Waals surface area contributed by atoms with Gasteiger partial charge in [-0.25, -0.2) is 0 Å². The predicted molar refractivity (Wildman–Crippen MR) is 73.4 cm³/mol. The van der Waals surface area contributed by atoms with Crippen molar-refractivity contribution in [3.8, 4) is 0 Å². The Balaban J connectivity index is 2.07. The van der Waals surface area contributed by atoms with Gasteiger partial charge in [-0.1, -0.05) is 33.1 Å². The normalized spacial score (nSPS) is 18.9. The third-order valence-corrected chi connectivity index (χ3v) is 3.57. The van der Waals surface area contributed by atoms with E-state index in [4.69, 9.17) is 0 Å². The molecule has 3 N–H and O–H groups in total. The Hall–Kier alpha value is -0.610. The number of carbonyl (C=O) groups is 1. The fraction of sp³-hybridized carbons (Fsp3) is 0.929. The van der Waals surface area contributed by atoms with Gasteiger partial charge in [0.15, 0.2) is 0 Å². The van der Waals surface area contributed by atoms with E-state index in [2.05, 4.69) is 24.5 Å². The molecule has 0 aromatic rings. The highest BCUT2D eigenvalue weighted by Gasteiger charge is 2.28. The molecule has 0 atom stereocenters. The van der Waals surface area contributed by atoms with Crippen molar-refractivity contribution < 1.29 is 9.90 Å². The minimum atomic E-state index is -0.587. The molecule has 0 saturated heterocycles. The molecule has 0 heterocycles. The van der Waals surface area contributed by atoms with Crippen molar-refractivity contribution in [2.24, 2.45) is 5.92 Å². The Morgan fingerprint density at radius 3 is 2.56 bits per heavy atom. The average Bonchev–Trinajstić information content (AvgIpc) is 2.29. The van der Waals surface area contributed by atoms with Crippen LogP contribution in [0.1, 0.15) is 52.4 Å². The third-order valence-electron chi connectivity index (χ3n) is 3.57. The van der Waals surface area contributed by atoms with Crippen LogP contribution in [0.5, 0.6) is 0 Å². The first-order chi connectivity index (χ1) is 8.52. The SMILES string of the molecule is CC(C)CCNC(=O)CNCC1(O)CCCCC1. The topological polar surface area (TPSA) is 61.4 Å². The molecule has 0 aromatic heterocycles. The lowest BCUT2D eigenvalue weighted by Crippen LogP contribution is -2.45. The van der Waals surface area contributed by atoms with E-state index in [1.807, 2.05) is 0 Å². The Morgan fingerprint density at radius 2 is 1.94 bits per heavy atom. The summed E-state index contributed by atoms with van der Waals surface area (Å²) in [5.74, 6) is 0.635. The van der Waals surface area contributed by atoms with Crippen LogP contribution in [0.2, 0.25) is 0 Å². The van der Waals surface area contributed by atoms with Gasteiger partial charge in [0.05, 0.1) is 12.1 Å². The second-order valence-corrected chi connectivity index (χ2v) is 5.92. The number of aliphatic hydroxyl groups is 1. The smallest absolute Gasteiger partial charge is 0.233 e. The largest absolute Gasteiger partial charge is 0.389 e. The molecule has 1 fully saturated rings. The Bertz CT molecular complexity index is 248. The third kappa shape index (κ3) is 6.36. The van der Waals surface area contributed by atoms with E-state index in [-0.39, 0.29) is 5.91 Å². The summed E-state index contributed by atoms with van der Waals surface area (Å²) in [5, 5.41) is 16.2. The zero-order valence-electron chi connectivity index (χ0n) is 11.8. The van der Waals surface area contributed by atoms with Gasteiger partial charge in [0.1, 0.15) is 0 Å². The van der Waals surface area contributed by atoms with Crippen molar-refractivity contribution >= 4 is 5.91 Å². The van der Waals surface area contributed by atoms with Crippen molar-refractivity contribution in [1.29, 1.82) is 0 Å². The van der Waals surface area contributed by atoms with Crippen molar-refractivity contribution in [2.75, 3.05) is 19.6 Å². The molecule has 106 valence electrons. The van der Waals surface area contributed by atoms with Crippen LogP contribution in [-0.2, 0) is 4.79 Å². The van der Waals surface area contributed by atoms with Crippen molar-refractivity contribution in [3.63, 3.8) is 0 Å². The Morgan fingerprint density at radius 1 is 1.28 bits per heavy atom. The lowest BCUT2D eigenvalue weighted by molar-refractivity contribution is -0.120. The molecule has 1 saturated carbocycles. The van der Waals surface area contributed by atoms with Crippen LogP contribution in [0.3, 0.4) is 0 Å². The first-order valence-electron chi connectivity index (χ1n) is 7.22. The summed E-state index contributed by atoms with van der Waals surface area (Å²) >= 11 is 0. The fourth-order valence-corrected chi connectivity index (χ4v) is 2.36. The van der Waals surface area contributed by atoms with Gasteiger partial charge in [0, 0.05) is 13.1 Å². The van der Waals surface area contributed by atoms with E-state index >= 15 is 0 Å². The zero-order chi connectivity index (χ0) is 13.4. The Kier molecular flexibility index (Phi) is 6.65. The molecule has 0 aliphatic heterocycles. The summed E-state index contributed by atoms with van der Waals surface area (Å²) in [6.45, 7) is 5.86. The molecular formula is C14H28N2O2. The molecule has 4 nitrogen and oxygen atoms in total. The Labute approximate surface area is 111 Å². The molecule has 0 spiro atoms. The highest BCUT2D eigenvalue weighted by atomic mass is 16.3. The molecular weight excluding hydrogens is 228 g/mol. The van der Waals surface area contributed by atoms with Crippen LogP contribution in [0.15, 0.2) is 0 Å². The summed E-state index contributed by atoms with van der Waals surface area (Å²) in [4.78, 5) is 11.5. The zero-order valence-corrected chi connectivity index (χ0v) is 11.8. The molecule has 4 heteroatoms. The van der Waals surface area contributed by atoms with Gasteiger partial charge in [-0.05, 0) is 25.2 Å². The van der Waals surface area contributed by atoms with Crippen LogP contribution in [0.25, 0.3) is 0 Å². The van der Waals surface area contributed by atoms with E-state index in [9.17, 15) is 9.90 Å². The van der Waals surface area contributed by atoms with Gasteiger partial charge in [0.2, 0.25) is 5.91 Å². The van der Waals surface area contributed by atoms with E-state index < -0.39 is 5.60 Å². The van der Waals surface area contributed by atoms with Gasteiger partial charge in [-0.2, -0.15) is 0 Å². The number of hydrogen-bond acceptors (Lipinski definition) is 3. The minimum Gasteiger partial charge on any atom is -0.389 e. The number of rotatable bonds is 7. The number of nitrogens with one attached hydrogen (secondary N) is 2. The molecule has 0 bridgehead atoms. The number of amides is 1. The molecule has 1 rings (SSSR count). The molecule has 1 amide bonds. The van der Waals surface area contributed by atoms with Gasteiger partial charge in [0.25, 0.3) is 0 Å². The predicted octanol–water partition coefficient (Wildman–Crippen LogP) is 1.43. The first kappa shape index (κ1) is 15.4. The van der Waals surface area contributed by atoms with Gasteiger partial charge in [-0.3, -0.25) is 4.79 Å². The maximum absolute atomic E-state index is 11.5. The summed E-state index contributed by atoms with van der Waals surface area (Å²) in [5.41, 5.74) is -0.587. The average molecular weight is 256 g/mol. The van der Waals surface area contributed by atoms with Crippen LogP contribution in [-0.4, -0.2) is 36.2 Å². The molecule has 1 aliphatic rings. The quantitative estimate of drug-likeness (QED) is 0.646. The van der Waals surface area contributed by atoms with E-state index in [1.165, 1.54) is 6.42 Å². The van der Waals surface area contributed by atoms with Crippen LogP contribution in [0, 0.1) is 5.92 Å². The van der Waals surface area contributed by atoms with E-state index in [0.29, 0.717) is 19.0 Å². The minimum absolute atomic E-state index is 0.0232. The number of hydrogen-bond donors (Lipinski definition) is 3. The second-order valence-electron chi connectivity index (χ2n) is 5.92. The van der Waals surface area contributed by atoms with Crippen LogP contribution >= 0.6 is 0 Å². The highest BCUT2D eigenvalue weighted by molar-refractivity contribution is 5.77. The first-order valence-corrected chi connectivity index (χ1v) is 7.22. The summed E-state index contributed by atoms with van der Waals surface area (Å²) in [6.07, 6.45) is 6.13. The molecule has 18 heavy (non-hydrogen) atoms. The van der Waals surface area contributed by atoms with Crippen LogP contribution < -0.4 is 10.6 Å². The number of carbonyl (C=O) groups excluding carboxylic acids is 1. The van der Waals surface area contributed by atoms with Gasteiger partial charge < -0.3 is 15.7 Å². The second kappa shape index (κ2) is 7.74. The van der Waals surface area contributed by atoms with E-state index in [1.54, 1.807) is 0 Å². The van der Waals surface area contributed by atoms with Crippen molar-refractivity contribution in [3.05, 3.63) is 0 Å². The highest BCUT2D eigenvalue weighted by Crippen LogP contribution is 2.27. The lowest BCUT2D eigenvalue weighted by atomic mass is 9.85. The fourth-order valence-electron chi connectivity index (χ4n) is 2.36. The maximum atomic E-state index is 11.5. The van der Waals surface area contributed by atoms with E-state index in [0.717, 1.165) is 38.6 Å². The summed E-state index contributed by atoms with van der Waals surface area (Å²) in [6, 6.07) is 0. The maximum Gasteiger partial charge on any atom is 0.233 e. The molecule has 0 aromatic carbocycles. The summed E-state index contributed by atoms with van der Waals surface area (Å²) < 4.78 is 0. The standard InChI is InChI=1S/C14H28N2O2/c1-12(2)6-9-16-13(17)10-15-11-14(18)7-4-3-5-8-14/h12,15,18H,3-11H2,1-2H3,(H,16,17). The van der Waals surface area contributed by atoms with Gasteiger partial charge >= 0.3 is 0 Å².